The molecule has 0 aliphatic heterocycles. The van der Waals surface area contributed by atoms with Crippen molar-refractivity contribution in [3.8, 4) is 0 Å². The minimum absolute atomic E-state index is 0.0622. The van der Waals surface area contributed by atoms with E-state index in [2.05, 4.69) is 29.2 Å². The molecule has 0 fully saturated rings. The fourth-order valence-electron chi connectivity index (χ4n) is 2.87. The summed E-state index contributed by atoms with van der Waals surface area (Å²) >= 11 is 0. The average Bonchev–Trinajstić information content (AvgIpc) is 2.98. The summed E-state index contributed by atoms with van der Waals surface area (Å²) in [7, 11) is 0. The van der Waals surface area contributed by atoms with Gasteiger partial charge in [-0.25, -0.2) is 9.67 Å². The fourth-order valence-corrected chi connectivity index (χ4v) is 2.87. The second-order valence-corrected chi connectivity index (χ2v) is 6.37. The summed E-state index contributed by atoms with van der Waals surface area (Å²) in [5, 5.41) is 8.25. The molecule has 0 aliphatic rings. The van der Waals surface area contributed by atoms with Gasteiger partial charge in [-0.05, 0) is 44.9 Å². The first kappa shape index (κ1) is 16.2. The maximum absolute atomic E-state index is 12.5. The largest absolute Gasteiger partial charge is 0.345 e. The van der Waals surface area contributed by atoms with Crippen LogP contribution < -0.4 is 5.32 Å². The van der Waals surface area contributed by atoms with Gasteiger partial charge in [0.05, 0.1) is 17.8 Å². The molecule has 1 amide bonds. The molecule has 1 N–H and O–H groups in total. The summed E-state index contributed by atoms with van der Waals surface area (Å²) in [5.74, 6) is -0.127. The number of aromatic nitrogens is 3. The van der Waals surface area contributed by atoms with Crippen LogP contribution >= 0.6 is 0 Å². The Morgan fingerprint density at radius 1 is 1.17 bits per heavy atom. The highest BCUT2D eigenvalue weighted by atomic mass is 16.1. The first-order chi connectivity index (χ1) is 11.5. The van der Waals surface area contributed by atoms with E-state index in [1.54, 1.807) is 12.4 Å². The van der Waals surface area contributed by atoms with E-state index in [-0.39, 0.29) is 18.0 Å². The van der Waals surface area contributed by atoms with Crippen LogP contribution in [0.15, 0.2) is 42.7 Å². The van der Waals surface area contributed by atoms with Crippen molar-refractivity contribution < 1.29 is 4.79 Å². The third-order valence-electron chi connectivity index (χ3n) is 4.19. The van der Waals surface area contributed by atoms with Crippen LogP contribution in [0.5, 0.6) is 0 Å². The summed E-state index contributed by atoms with van der Waals surface area (Å²) in [5.41, 5.74) is 3.63. The number of aryl methyl sites for hydroxylation is 1. The number of nitrogens with zero attached hydrogens (tertiary/aromatic N) is 3. The topological polar surface area (TPSA) is 59.8 Å². The highest BCUT2D eigenvalue weighted by molar-refractivity contribution is 5.97. The van der Waals surface area contributed by atoms with Gasteiger partial charge in [0.1, 0.15) is 0 Å². The van der Waals surface area contributed by atoms with Crippen LogP contribution in [0.3, 0.4) is 0 Å². The molecule has 0 spiro atoms. The van der Waals surface area contributed by atoms with Crippen molar-refractivity contribution in [1.29, 1.82) is 0 Å². The van der Waals surface area contributed by atoms with Crippen LogP contribution in [-0.4, -0.2) is 20.7 Å². The molecule has 0 bridgehead atoms. The predicted molar refractivity (Wildman–Crippen MR) is 95.0 cm³/mol. The Morgan fingerprint density at radius 3 is 2.62 bits per heavy atom. The molecule has 124 valence electrons. The Balaban J connectivity index is 1.82. The van der Waals surface area contributed by atoms with Crippen LogP contribution in [0.25, 0.3) is 11.0 Å². The van der Waals surface area contributed by atoms with E-state index in [1.807, 2.05) is 48.9 Å². The number of carbonyl (C=O) groups excluding carboxylic acids is 1. The summed E-state index contributed by atoms with van der Waals surface area (Å²) in [4.78, 5) is 17.0. The SMILES string of the molecule is Cc1ccccc1[C@H](C)NC(=O)c1cnc2c(cnn2C(C)C)c1. The molecule has 24 heavy (non-hydrogen) atoms. The lowest BCUT2D eigenvalue weighted by Crippen LogP contribution is -2.27. The van der Waals surface area contributed by atoms with Gasteiger partial charge in [0, 0.05) is 17.6 Å². The maximum atomic E-state index is 12.5. The third-order valence-corrected chi connectivity index (χ3v) is 4.19. The van der Waals surface area contributed by atoms with Crippen LogP contribution in [-0.2, 0) is 0 Å². The lowest BCUT2D eigenvalue weighted by Gasteiger charge is -2.16. The maximum Gasteiger partial charge on any atom is 0.253 e. The predicted octanol–water partition coefficient (Wildman–Crippen LogP) is 3.81. The van der Waals surface area contributed by atoms with Crippen molar-refractivity contribution in [2.75, 3.05) is 0 Å². The quantitative estimate of drug-likeness (QED) is 0.794. The lowest BCUT2D eigenvalue weighted by molar-refractivity contribution is 0.0939. The highest BCUT2D eigenvalue weighted by Gasteiger charge is 2.15. The zero-order valence-corrected chi connectivity index (χ0v) is 14.4. The normalized spacial score (nSPS) is 12.5. The Hall–Kier alpha value is -2.69. The van der Waals surface area contributed by atoms with E-state index in [0.717, 1.165) is 22.2 Å². The van der Waals surface area contributed by atoms with Crippen LogP contribution in [0, 0.1) is 6.92 Å². The molecule has 0 aliphatic carbocycles. The molecule has 1 aromatic carbocycles. The van der Waals surface area contributed by atoms with Crippen molar-refractivity contribution in [3.63, 3.8) is 0 Å². The third kappa shape index (κ3) is 3.02. The van der Waals surface area contributed by atoms with Gasteiger partial charge in [-0.15, -0.1) is 0 Å². The number of rotatable bonds is 4. The van der Waals surface area contributed by atoms with Gasteiger partial charge in [0.2, 0.25) is 0 Å². The average molecular weight is 322 g/mol. The Morgan fingerprint density at radius 2 is 1.92 bits per heavy atom. The lowest BCUT2D eigenvalue weighted by atomic mass is 10.0. The fraction of sp³-hybridized carbons (Fsp3) is 0.316. The first-order valence-corrected chi connectivity index (χ1v) is 8.17. The van der Waals surface area contributed by atoms with Crippen molar-refractivity contribution in [2.24, 2.45) is 0 Å². The summed E-state index contributed by atoms with van der Waals surface area (Å²) in [6, 6.07) is 10.1. The molecule has 3 aromatic rings. The molecule has 2 heterocycles. The molecule has 0 radical (unpaired) electrons. The van der Waals surface area contributed by atoms with Crippen molar-refractivity contribution in [1.82, 2.24) is 20.1 Å². The van der Waals surface area contributed by atoms with Gasteiger partial charge >= 0.3 is 0 Å². The standard InChI is InChI=1S/C19H22N4O/c1-12(2)23-18-15(11-21-23)9-16(10-20-18)19(24)22-14(4)17-8-6-5-7-13(17)3/h5-12,14H,1-4H3,(H,22,24)/t14-/m0/s1. The summed E-state index contributed by atoms with van der Waals surface area (Å²) in [6.07, 6.45) is 3.37. The van der Waals surface area contributed by atoms with E-state index >= 15 is 0 Å². The minimum Gasteiger partial charge on any atom is -0.345 e. The molecule has 1 atom stereocenters. The van der Waals surface area contributed by atoms with E-state index < -0.39 is 0 Å². The molecular formula is C19H22N4O. The second-order valence-electron chi connectivity index (χ2n) is 6.37. The molecule has 2 aromatic heterocycles. The van der Waals surface area contributed by atoms with Gasteiger partial charge in [-0.3, -0.25) is 4.79 Å². The molecule has 5 nitrogen and oxygen atoms in total. The van der Waals surface area contributed by atoms with Gasteiger partial charge in [0.25, 0.3) is 5.91 Å². The van der Waals surface area contributed by atoms with Crippen molar-refractivity contribution in [2.45, 2.75) is 39.8 Å². The van der Waals surface area contributed by atoms with Crippen molar-refractivity contribution >= 4 is 16.9 Å². The molecule has 0 saturated carbocycles. The van der Waals surface area contributed by atoms with E-state index in [9.17, 15) is 4.79 Å². The minimum atomic E-state index is -0.127. The Bertz CT molecular complexity index is 882. The zero-order chi connectivity index (χ0) is 17.3. The molecular weight excluding hydrogens is 300 g/mol. The van der Waals surface area contributed by atoms with E-state index in [0.29, 0.717) is 5.56 Å². The van der Waals surface area contributed by atoms with Gasteiger partial charge < -0.3 is 5.32 Å². The zero-order valence-electron chi connectivity index (χ0n) is 14.4. The number of pyridine rings is 1. The Labute approximate surface area is 141 Å². The Kier molecular flexibility index (Phi) is 4.34. The van der Waals surface area contributed by atoms with E-state index in [1.165, 1.54) is 0 Å². The highest BCUT2D eigenvalue weighted by Crippen LogP contribution is 2.19. The summed E-state index contributed by atoms with van der Waals surface area (Å²) in [6.45, 7) is 8.14. The van der Waals surface area contributed by atoms with Gasteiger partial charge in [-0.1, -0.05) is 24.3 Å². The van der Waals surface area contributed by atoms with Crippen LogP contribution in [0.1, 0.15) is 54.3 Å². The number of fused-ring (bicyclic) bond motifs is 1. The van der Waals surface area contributed by atoms with Crippen LogP contribution in [0.2, 0.25) is 0 Å². The number of nitrogens with one attached hydrogen (secondary N) is 1. The smallest absolute Gasteiger partial charge is 0.253 e. The van der Waals surface area contributed by atoms with Crippen molar-refractivity contribution in [3.05, 3.63) is 59.4 Å². The number of hydrogen-bond acceptors (Lipinski definition) is 3. The molecule has 0 saturated heterocycles. The van der Waals surface area contributed by atoms with E-state index in [4.69, 9.17) is 0 Å². The van der Waals surface area contributed by atoms with Gasteiger partial charge in [-0.2, -0.15) is 5.10 Å². The number of hydrogen-bond donors (Lipinski definition) is 1. The number of benzene rings is 1. The van der Waals surface area contributed by atoms with Crippen LogP contribution in [0.4, 0.5) is 0 Å². The number of carbonyl (C=O) groups is 1. The number of amides is 1. The molecule has 3 rings (SSSR count). The van der Waals surface area contributed by atoms with Gasteiger partial charge in [0.15, 0.2) is 5.65 Å². The molecule has 0 unspecified atom stereocenters. The second kappa shape index (κ2) is 6.43. The summed E-state index contributed by atoms with van der Waals surface area (Å²) < 4.78 is 1.85. The molecule has 5 heteroatoms. The first-order valence-electron chi connectivity index (χ1n) is 8.17. The monoisotopic (exact) mass is 322 g/mol.